The number of methoxy groups -OCH3 is 2. The van der Waals surface area contributed by atoms with Crippen LogP contribution in [0.4, 0.5) is 5.69 Å². The van der Waals surface area contributed by atoms with E-state index in [-0.39, 0.29) is 5.91 Å². The van der Waals surface area contributed by atoms with Crippen molar-refractivity contribution in [3.05, 3.63) is 53.1 Å². The fourth-order valence-corrected chi connectivity index (χ4v) is 2.99. The second-order valence-electron chi connectivity index (χ2n) is 5.91. The molecule has 7 nitrogen and oxygen atoms in total. The van der Waals surface area contributed by atoms with Gasteiger partial charge in [0.05, 0.1) is 14.2 Å². The molecule has 1 amide bonds. The summed E-state index contributed by atoms with van der Waals surface area (Å²) in [7, 11) is 3.01. The number of carboxylic acids is 1. The standard InChI is InChI=1S/C19H20N2O5/c1-25-15-6-4-12(9-16(15)26-2)17(19(23)24)21-13-5-3-11-7-8-20-18(22)14(11)10-13/h3-6,9-10,17,21H,7-8H2,1-2H3,(H,20,22)(H,23,24). The molecule has 26 heavy (non-hydrogen) atoms. The number of hydrogen-bond acceptors (Lipinski definition) is 5. The number of ether oxygens (including phenoxy) is 2. The Hall–Kier alpha value is -3.22. The molecular formula is C19H20N2O5. The average Bonchev–Trinajstić information content (AvgIpc) is 2.66. The Bertz CT molecular complexity index is 850. The van der Waals surface area contributed by atoms with Gasteiger partial charge in [0.2, 0.25) is 0 Å². The highest BCUT2D eigenvalue weighted by Gasteiger charge is 2.23. The summed E-state index contributed by atoms with van der Waals surface area (Å²) in [4.78, 5) is 23.8. The van der Waals surface area contributed by atoms with Gasteiger partial charge in [-0.05, 0) is 41.8 Å². The van der Waals surface area contributed by atoms with Crippen LogP contribution < -0.4 is 20.1 Å². The van der Waals surface area contributed by atoms with Gasteiger partial charge in [-0.1, -0.05) is 12.1 Å². The quantitative estimate of drug-likeness (QED) is 0.734. The molecule has 1 atom stereocenters. The summed E-state index contributed by atoms with van der Waals surface area (Å²) in [6.45, 7) is 0.613. The van der Waals surface area contributed by atoms with Crippen molar-refractivity contribution >= 4 is 17.6 Å². The van der Waals surface area contributed by atoms with Gasteiger partial charge >= 0.3 is 5.97 Å². The fraction of sp³-hybridized carbons (Fsp3) is 0.263. The monoisotopic (exact) mass is 356 g/mol. The minimum absolute atomic E-state index is 0.145. The number of amides is 1. The molecule has 0 saturated carbocycles. The summed E-state index contributed by atoms with van der Waals surface area (Å²) in [6.07, 6.45) is 0.763. The third-order valence-corrected chi connectivity index (χ3v) is 4.33. The van der Waals surface area contributed by atoms with E-state index in [0.717, 1.165) is 12.0 Å². The maximum Gasteiger partial charge on any atom is 0.330 e. The van der Waals surface area contributed by atoms with Gasteiger partial charge in [0.1, 0.15) is 0 Å². The predicted molar refractivity (Wildman–Crippen MR) is 96.0 cm³/mol. The molecule has 3 rings (SSSR count). The smallest absolute Gasteiger partial charge is 0.330 e. The molecule has 1 unspecified atom stereocenters. The number of nitrogens with one attached hydrogen (secondary N) is 2. The predicted octanol–water partition coefficient (Wildman–Crippen LogP) is 2.23. The van der Waals surface area contributed by atoms with E-state index in [9.17, 15) is 14.7 Å². The van der Waals surface area contributed by atoms with Crippen LogP contribution in [0.1, 0.15) is 27.5 Å². The molecule has 136 valence electrons. The zero-order valence-corrected chi connectivity index (χ0v) is 14.5. The largest absolute Gasteiger partial charge is 0.493 e. The van der Waals surface area contributed by atoms with Crippen LogP contribution in [0.5, 0.6) is 11.5 Å². The van der Waals surface area contributed by atoms with Crippen LogP contribution in [0.15, 0.2) is 36.4 Å². The summed E-state index contributed by atoms with van der Waals surface area (Å²) in [5, 5.41) is 15.4. The molecule has 1 aliphatic rings. The molecule has 0 radical (unpaired) electrons. The van der Waals surface area contributed by atoms with Crippen molar-refractivity contribution in [2.75, 3.05) is 26.1 Å². The van der Waals surface area contributed by atoms with Crippen molar-refractivity contribution in [2.45, 2.75) is 12.5 Å². The SMILES string of the molecule is COc1ccc(C(Nc2ccc3c(c2)C(=O)NCC3)C(=O)O)cc1OC. The number of rotatable bonds is 6. The second kappa shape index (κ2) is 7.35. The van der Waals surface area contributed by atoms with Gasteiger partial charge in [-0.15, -0.1) is 0 Å². The molecule has 7 heteroatoms. The maximum absolute atomic E-state index is 12.0. The number of benzene rings is 2. The Balaban J connectivity index is 1.91. The van der Waals surface area contributed by atoms with Crippen molar-refractivity contribution < 1.29 is 24.2 Å². The Morgan fingerprint density at radius 2 is 1.92 bits per heavy atom. The first-order valence-electron chi connectivity index (χ1n) is 8.16. The van der Waals surface area contributed by atoms with Crippen LogP contribution in [0, 0.1) is 0 Å². The molecule has 1 heterocycles. The summed E-state index contributed by atoms with van der Waals surface area (Å²) >= 11 is 0. The highest BCUT2D eigenvalue weighted by molar-refractivity contribution is 5.97. The highest BCUT2D eigenvalue weighted by atomic mass is 16.5. The first-order chi connectivity index (χ1) is 12.5. The van der Waals surface area contributed by atoms with E-state index < -0.39 is 12.0 Å². The van der Waals surface area contributed by atoms with Gasteiger partial charge in [-0.25, -0.2) is 4.79 Å². The van der Waals surface area contributed by atoms with Crippen LogP contribution in [0.2, 0.25) is 0 Å². The van der Waals surface area contributed by atoms with Gasteiger partial charge < -0.3 is 25.2 Å². The van der Waals surface area contributed by atoms with E-state index in [4.69, 9.17) is 9.47 Å². The van der Waals surface area contributed by atoms with E-state index in [2.05, 4.69) is 10.6 Å². The Kier molecular flexibility index (Phi) is 4.97. The third-order valence-electron chi connectivity index (χ3n) is 4.33. The zero-order valence-electron chi connectivity index (χ0n) is 14.5. The van der Waals surface area contributed by atoms with E-state index in [1.54, 1.807) is 30.3 Å². The summed E-state index contributed by atoms with van der Waals surface area (Å²) in [5.74, 6) is -0.221. The molecule has 1 aliphatic heterocycles. The summed E-state index contributed by atoms with van der Waals surface area (Å²) < 4.78 is 10.4. The van der Waals surface area contributed by atoms with Gasteiger partial charge in [0, 0.05) is 17.8 Å². The highest BCUT2D eigenvalue weighted by Crippen LogP contribution is 2.31. The Labute approximate surface area is 150 Å². The number of carbonyl (C=O) groups is 2. The lowest BCUT2D eigenvalue weighted by Crippen LogP contribution is -2.32. The first kappa shape index (κ1) is 17.6. The molecule has 2 aromatic carbocycles. The number of carbonyl (C=O) groups excluding carboxylic acids is 1. The van der Waals surface area contributed by atoms with Gasteiger partial charge in [-0.2, -0.15) is 0 Å². The van der Waals surface area contributed by atoms with Gasteiger partial charge in [0.25, 0.3) is 5.91 Å². The van der Waals surface area contributed by atoms with Crippen LogP contribution in [-0.4, -0.2) is 37.7 Å². The minimum Gasteiger partial charge on any atom is -0.493 e. The molecular weight excluding hydrogens is 336 g/mol. The molecule has 2 aromatic rings. The lowest BCUT2D eigenvalue weighted by Gasteiger charge is -2.21. The topological polar surface area (TPSA) is 96.9 Å². The third kappa shape index (κ3) is 3.42. The van der Waals surface area contributed by atoms with E-state index in [1.807, 2.05) is 6.07 Å². The normalized spacial score (nSPS) is 14.0. The van der Waals surface area contributed by atoms with Crippen molar-refractivity contribution in [1.29, 1.82) is 0 Å². The Morgan fingerprint density at radius 1 is 1.15 bits per heavy atom. The average molecular weight is 356 g/mol. The van der Waals surface area contributed by atoms with Crippen LogP contribution in [0.25, 0.3) is 0 Å². The van der Waals surface area contributed by atoms with Crippen molar-refractivity contribution in [3.63, 3.8) is 0 Å². The van der Waals surface area contributed by atoms with Crippen LogP contribution in [0.3, 0.4) is 0 Å². The molecule has 0 bridgehead atoms. The van der Waals surface area contributed by atoms with Gasteiger partial charge in [-0.3, -0.25) is 4.79 Å². The van der Waals surface area contributed by atoms with Crippen LogP contribution >= 0.6 is 0 Å². The molecule has 0 aromatic heterocycles. The van der Waals surface area contributed by atoms with E-state index in [0.29, 0.717) is 34.9 Å². The second-order valence-corrected chi connectivity index (χ2v) is 5.91. The van der Waals surface area contributed by atoms with Crippen molar-refractivity contribution in [1.82, 2.24) is 5.32 Å². The maximum atomic E-state index is 12.0. The van der Waals surface area contributed by atoms with E-state index in [1.165, 1.54) is 14.2 Å². The molecule has 3 N–H and O–H groups in total. The molecule has 0 aliphatic carbocycles. The number of aliphatic carboxylic acids is 1. The summed E-state index contributed by atoms with van der Waals surface area (Å²) in [6, 6.07) is 9.26. The van der Waals surface area contributed by atoms with Gasteiger partial charge in [0.15, 0.2) is 17.5 Å². The van der Waals surface area contributed by atoms with Crippen molar-refractivity contribution in [3.8, 4) is 11.5 Å². The number of fused-ring (bicyclic) bond motifs is 1. The van der Waals surface area contributed by atoms with E-state index >= 15 is 0 Å². The van der Waals surface area contributed by atoms with Crippen molar-refractivity contribution in [2.24, 2.45) is 0 Å². The zero-order chi connectivity index (χ0) is 18.7. The number of carboxylic acid groups (broad SMARTS) is 1. The lowest BCUT2D eigenvalue weighted by molar-refractivity contribution is -0.138. The minimum atomic E-state index is -1.04. The summed E-state index contributed by atoms with van der Waals surface area (Å²) in [5.41, 5.74) is 2.59. The number of hydrogen-bond donors (Lipinski definition) is 3. The first-order valence-corrected chi connectivity index (χ1v) is 8.16. The lowest BCUT2D eigenvalue weighted by atomic mass is 9.99. The Morgan fingerprint density at radius 3 is 2.62 bits per heavy atom. The van der Waals surface area contributed by atoms with Crippen LogP contribution in [-0.2, 0) is 11.2 Å². The molecule has 0 spiro atoms. The fourth-order valence-electron chi connectivity index (χ4n) is 2.99. The number of anilines is 1. The molecule has 0 fully saturated rings. The molecule has 0 saturated heterocycles.